The summed E-state index contributed by atoms with van der Waals surface area (Å²) in [6.45, 7) is 1.95. The molecular weight excluding hydrogens is 346 g/mol. The molecule has 0 bridgehead atoms. The lowest BCUT2D eigenvalue weighted by atomic mass is 10.2. The van der Waals surface area contributed by atoms with Gasteiger partial charge in [-0.25, -0.2) is 0 Å². The number of rotatable bonds is 3. The molecule has 0 unspecified atom stereocenters. The first-order valence-corrected chi connectivity index (χ1v) is 7.09. The summed E-state index contributed by atoms with van der Waals surface area (Å²) in [6, 6.07) is 11.0. The van der Waals surface area contributed by atoms with Gasteiger partial charge in [0.1, 0.15) is 16.5 Å². The number of hydrogen-bond donors (Lipinski definition) is 1. The lowest BCUT2D eigenvalue weighted by Crippen LogP contribution is -2.11. The number of benzene rings is 2. The first kappa shape index (κ1) is 14.3. The number of ether oxygens (including phenoxy) is 1. The Balaban J connectivity index is 2.46. The van der Waals surface area contributed by atoms with Crippen LogP contribution in [0.1, 0.15) is 11.1 Å². The Morgan fingerprint density at radius 1 is 1.26 bits per heavy atom. The van der Waals surface area contributed by atoms with E-state index in [9.17, 15) is 0 Å². The number of nitrogens with two attached hydrogens (primary N) is 1. The Kier molecular flexibility index (Phi) is 4.45. The van der Waals surface area contributed by atoms with Crippen molar-refractivity contribution in [3.05, 3.63) is 57.0 Å². The van der Waals surface area contributed by atoms with Crippen LogP contribution in [0, 0.1) is 6.92 Å². The summed E-state index contributed by atoms with van der Waals surface area (Å²) < 4.78 is 6.68. The zero-order valence-electron chi connectivity index (χ0n) is 10.1. The summed E-state index contributed by atoms with van der Waals surface area (Å²) in [4.78, 5) is 0.280. The van der Waals surface area contributed by atoms with E-state index in [2.05, 4.69) is 15.9 Å². The highest BCUT2D eigenvalue weighted by molar-refractivity contribution is 9.10. The van der Waals surface area contributed by atoms with Crippen LogP contribution in [0.25, 0.3) is 0 Å². The summed E-state index contributed by atoms with van der Waals surface area (Å²) in [5.74, 6) is 1.29. The van der Waals surface area contributed by atoms with Crippen molar-refractivity contribution < 1.29 is 4.74 Å². The van der Waals surface area contributed by atoms with Gasteiger partial charge in [-0.2, -0.15) is 0 Å². The molecule has 98 valence electrons. The highest BCUT2D eigenvalue weighted by atomic mass is 79.9. The van der Waals surface area contributed by atoms with E-state index in [1.807, 2.05) is 37.3 Å². The zero-order chi connectivity index (χ0) is 14.0. The Hall–Kier alpha value is -1.10. The fourth-order valence-electron chi connectivity index (χ4n) is 1.63. The molecule has 0 aliphatic carbocycles. The van der Waals surface area contributed by atoms with Gasteiger partial charge in [0, 0.05) is 9.50 Å². The molecule has 0 saturated carbocycles. The largest absolute Gasteiger partial charge is 0.456 e. The molecule has 0 fully saturated rings. The molecule has 2 aromatic carbocycles. The average molecular weight is 357 g/mol. The van der Waals surface area contributed by atoms with Crippen LogP contribution >= 0.6 is 39.7 Å². The fourth-order valence-corrected chi connectivity index (χ4v) is 2.70. The van der Waals surface area contributed by atoms with E-state index >= 15 is 0 Å². The van der Waals surface area contributed by atoms with Crippen LogP contribution in [0.3, 0.4) is 0 Å². The molecule has 2 rings (SSSR count). The Labute approximate surface area is 130 Å². The minimum atomic E-state index is 0.280. The Morgan fingerprint density at radius 2 is 2.00 bits per heavy atom. The van der Waals surface area contributed by atoms with Gasteiger partial charge < -0.3 is 10.5 Å². The SMILES string of the molecule is Cc1ccc(Cl)cc1Oc1cccc(Br)c1C(N)=S. The van der Waals surface area contributed by atoms with E-state index in [-0.39, 0.29) is 4.99 Å². The van der Waals surface area contributed by atoms with Crippen molar-refractivity contribution in [1.82, 2.24) is 0 Å². The standard InChI is InChI=1S/C14H11BrClNOS/c1-8-5-6-9(16)7-12(8)18-11-4-2-3-10(15)13(11)14(17)19/h2-7H,1H3,(H2,17,19). The first-order valence-electron chi connectivity index (χ1n) is 5.51. The second kappa shape index (κ2) is 5.90. The second-order valence-corrected chi connectivity index (χ2v) is 5.72. The predicted molar refractivity (Wildman–Crippen MR) is 86.3 cm³/mol. The summed E-state index contributed by atoms with van der Waals surface area (Å²) in [5, 5.41) is 0.618. The van der Waals surface area contributed by atoms with E-state index < -0.39 is 0 Å². The third-order valence-electron chi connectivity index (χ3n) is 2.59. The van der Waals surface area contributed by atoms with Crippen LogP contribution in [-0.4, -0.2) is 4.99 Å². The monoisotopic (exact) mass is 355 g/mol. The number of thiocarbonyl (C=S) groups is 1. The minimum Gasteiger partial charge on any atom is -0.456 e. The quantitative estimate of drug-likeness (QED) is 0.799. The van der Waals surface area contributed by atoms with Crippen molar-refractivity contribution in [3.8, 4) is 11.5 Å². The maximum Gasteiger partial charge on any atom is 0.138 e. The highest BCUT2D eigenvalue weighted by Crippen LogP contribution is 2.33. The lowest BCUT2D eigenvalue weighted by molar-refractivity contribution is 0.477. The van der Waals surface area contributed by atoms with Gasteiger partial charge in [-0.05, 0) is 52.7 Å². The third-order valence-corrected chi connectivity index (χ3v) is 3.69. The molecule has 0 radical (unpaired) electrons. The maximum atomic E-state index is 5.98. The van der Waals surface area contributed by atoms with Crippen molar-refractivity contribution in [3.63, 3.8) is 0 Å². The second-order valence-electron chi connectivity index (χ2n) is 3.99. The zero-order valence-corrected chi connectivity index (χ0v) is 13.3. The highest BCUT2D eigenvalue weighted by Gasteiger charge is 2.12. The van der Waals surface area contributed by atoms with Crippen molar-refractivity contribution in [2.24, 2.45) is 5.73 Å². The summed E-state index contributed by atoms with van der Waals surface area (Å²) in [7, 11) is 0. The van der Waals surface area contributed by atoms with Crippen molar-refractivity contribution in [1.29, 1.82) is 0 Å². The molecule has 0 aliphatic rings. The molecule has 0 atom stereocenters. The molecule has 0 saturated heterocycles. The van der Waals surface area contributed by atoms with Gasteiger partial charge in [0.05, 0.1) is 5.56 Å². The van der Waals surface area contributed by atoms with Crippen LogP contribution in [-0.2, 0) is 0 Å². The summed E-state index contributed by atoms with van der Waals surface area (Å²) in [5.41, 5.74) is 7.39. The van der Waals surface area contributed by atoms with Crippen molar-refractivity contribution in [2.45, 2.75) is 6.92 Å². The molecule has 5 heteroatoms. The Bertz CT molecular complexity index is 645. The van der Waals surface area contributed by atoms with Gasteiger partial charge in [0.25, 0.3) is 0 Å². The van der Waals surface area contributed by atoms with E-state index in [0.29, 0.717) is 22.1 Å². The predicted octanol–water partition coefficient (Wildman–Crippen LogP) is 4.84. The number of hydrogen-bond acceptors (Lipinski definition) is 2. The maximum absolute atomic E-state index is 5.98. The van der Waals surface area contributed by atoms with Crippen LogP contribution in [0.2, 0.25) is 5.02 Å². The van der Waals surface area contributed by atoms with Crippen LogP contribution < -0.4 is 10.5 Å². The minimum absolute atomic E-state index is 0.280. The summed E-state index contributed by atoms with van der Waals surface area (Å²) >= 11 is 14.5. The van der Waals surface area contributed by atoms with E-state index in [0.717, 1.165) is 10.0 Å². The molecule has 0 heterocycles. The summed E-state index contributed by atoms with van der Waals surface area (Å²) in [6.07, 6.45) is 0. The number of aryl methyl sites for hydroxylation is 1. The molecule has 0 amide bonds. The molecule has 0 aromatic heterocycles. The molecule has 2 nitrogen and oxygen atoms in total. The lowest BCUT2D eigenvalue weighted by Gasteiger charge is -2.13. The first-order chi connectivity index (χ1) is 8.99. The fraction of sp³-hybridized carbons (Fsp3) is 0.0714. The van der Waals surface area contributed by atoms with Crippen LogP contribution in [0.4, 0.5) is 0 Å². The van der Waals surface area contributed by atoms with Gasteiger partial charge in [0.2, 0.25) is 0 Å². The normalized spacial score (nSPS) is 10.3. The Morgan fingerprint density at radius 3 is 2.68 bits per heavy atom. The molecule has 19 heavy (non-hydrogen) atoms. The van der Waals surface area contributed by atoms with Crippen LogP contribution in [0.15, 0.2) is 40.9 Å². The molecule has 2 N–H and O–H groups in total. The smallest absolute Gasteiger partial charge is 0.138 e. The van der Waals surface area contributed by atoms with E-state index in [1.165, 1.54) is 0 Å². The molecule has 0 aliphatic heterocycles. The molecule has 2 aromatic rings. The van der Waals surface area contributed by atoms with Crippen LogP contribution in [0.5, 0.6) is 11.5 Å². The molecular formula is C14H11BrClNOS. The van der Waals surface area contributed by atoms with Gasteiger partial charge in [-0.1, -0.05) is 36.0 Å². The third kappa shape index (κ3) is 3.26. The van der Waals surface area contributed by atoms with Crippen molar-refractivity contribution in [2.75, 3.05) is 0 Å². The van der Waals surface area contributed by atoms with Crippen molar-refractivity contribution >= 4 is 44.7 Å². The van der Waals surface area contributed by atoms with Gasteiger partial charge >= 0.3 is 0 Å². The molecule has 0 spiro atoms. The van der Waals surface area contributed by atoms with Gasteiger partial charge in [-0.15, -0.1) is 0 Å². The topological polar surface area (TPSA) is 35.2 Å². The van der Waals surface area contributed by atoms with E-state index in [1.54, 1.807) is 6.07 Å². The number of halogens is 2. The average Bonchev–Trinajstić information content (AvgIpc) is 2.33. The van der Waals surface area contributed by atoms with Gasteiger partial charge in [0.15, 0.2) is 0 Å². The van der Waals surface area contributed by atoms with E-state index in [4.69, 9.17) is 34.3 Å². The van der Waals surface area contributed by atoms with Gasteiger partial charge in [-0.3, -0.25) is 0 Å².